The van der Waals surface area contributed by atoms with Gasteiger partial charge >= 0.3 is 0 Å². The molecule has 3 rings (SSSR count). The lowest BCUT2D eigenvalue weighted by Crippen LogP contribution is -2.26. The molecule has 2 aromatic heterocycles. The van der Waals surface area contributed by atoms with E-state index in [4.69, 9.17) is 4.74 Å². The van der Waals surface area contributed by atoms with Crippen LogP contribution >= 0.6 is 0 Å². The van der Waals surface area contributed by atoms with E-state index in [9.17, 15) is 4.79 Å². The van der Waals surface area contributed by atoms with Crippen molar-refractivity contribution in [2.24, 2.45) is 7.05 Å². The number of rotatable bonds is 7. The highest BCUT2D eigenvalue weighted by Gasteiger charge is 2.18. The van der Waals surface area contributed by atoms with Gasteiger partial charge in [0.05, 0.1) is 18.5 Å². The van der Waals surface area contributed by atoms with Gasteiger partial charge in [-0.05, 0) is 48.9 Å². The summed E-state index contributed by atoms with van der Waals surface area (Å²) in [6.07, 6.45) is 3.95. The molecule has 0 fully saturated rings. The van der Waals surface area contributed by atoms with Gasteiger partial charge in [-0.15, -0.1) is 0 Å². The lowest BCUT2D eigenvalue weighted by atomic mass is 10.2. The maximum Gasteiger partial charge on any atom is 0.270 e. The number of nitrogens with zero attached hydrogens (tertiary/aromatic N) is 3. The Kier molecular flexibility index (Phi) is 5.41. The molecule has 6 heteroatoms. The first-order chi connectivity index (χ1) is 12.6. The van der Waals surface area contributed by atoms with E-state index >= 15 is 0 Å². The van der Waals surface area contributed by atoms with Gasteiger partial charge < -0.3 is 14.6 Å². The molecular weight excluding hydrogens is 328 g/mol. The first kappa shape index (κ1) is 17.8. The molecule has 6 nitrogen and oxygen atoms in total. The number of carbonyl (C=O) groups excluding carboxylic acids is 1. The Morgan fingerprint density at radius 1 is 1.23 bits per heavy atom. The second-order valence-electron chi connectivity index (χ2n) is 6.14. The molecule has 0 bridgehead atoms. The largest absolute Gasteiger partial charge is 0.497 e. The van der Waals surface area contributed by atoms with E-state index in [1.165, 1.54) is 0 Å². The predicted octanol–water partition coefficient (Wildman–Crippen LogP) is 3.42. The van der Waals surface area contributed by atoms with Gasteiger partial charge in [0.15, 0.2) is 0 Å². The van der Waals surface area contributed by atoms with Gasteiger partial charge in [0.1, 0.15) is 17.1 Å². The lowest BCUT2D eigenvalue weighted by Gasteiger charge is -2.08. The van der Waals surface area contributed by atoms with E-state index in [1.54, 1.807) is 11.8 Å². The molecular formula is C20H24N4O2. The molecule has 0 saturated carbocycles. The molecule has 1 aromatic carbocycles. The topological polar surface area (TPSA) is 61.1 Å². The third kappa shape index (κ3) is 3.64. The van der Waals surface area contributed by atoms with Crippen molar-refractivity contribution in [2.45, 2.75) is 19.8 Å². The predicted molar refractivity (Wildman–Crippen MR) is 102 cm³/mol. The summed E-state index contributed by atoms with van der Waals surface area (Å²) in [4.78, 5) is 12.7. The number of benzene rings is 1. The van der Waals surface area contributed by atoms with Crippen LogP contribution in [0.2, 0.25) is 0 Å². The smallest absolute Gasteiger partial charge is 0.270 e. The van der Waals surface area contributed by atoms with Crippen molar-refractivity contribution >= 4 is 5.91 Å². The number of ether oxygens (including phenoxy) is 1. The van der Waals surface area contributed by atoms with Gasteiger partial charge in [0.2, 0.25) is 0 Å². The fraction of sp³-hybridized carbons (Fsp3) is 0.300. The number of hydrogen-bond acceptors (Lipinski definition) is 3. The van der Waals surface area contributed by atoms with Gasteiger partial charge in [-0.3, -0.25) is 4.79 Å². The third-order valence-corrected chi connectivity index (χ3v) is 4.28. The van der Waals surface area contributed by atoms with Gasteiger partial charge in [-0.2, -0.15) is 5.10 Å². The van der Waals surface area contributed by atoms with Crippen LogP contribution in [0.3, 0.4) is 0 Å². The van der Waals surface area contributed by atoms with E-state index in [-0.39, 0.29) is 5.91 Å². The second kappa shape index (κ2) is 7.91. The molecule has 1 N–H and O–H groups in total. The molecule has 0 radical (unpaired) electrons. The Morgan fingerprint density at radius 2 is 2.00 bits per heavy atom. The zero-order chi connectivity index (χ0) is 18.5. The van der Waals surface area contributed by atoms with E-state index < -0.39 is 0 Å². The van der Waals surface area contributed by atoms with Gasteiger partial charge in [-0.25, -0.2) is 4.68 Å². The zero-order valence-electron chi connectivity index (χ0n) is 15.4. The maximum atomic E-state index is 12.7. The van der Waals surface area contributed by atoms with E-state index in [2.05, 4.69) is 17.3 Å². The highest BCUT2D eigenvalue weighted by atomic mass is 16.5. The summed E-state index contributed by atoms with van der Waals surface area (Å²) >= 11 is 0. The fourth-order valence-corrected chi connectivity index (χ4v) is 2.78. The van der Waals surface area contributed by atoms with E-state index in [1.807, 2.05) is 60.3 Å². The molecule has 2 heterocycles. The van der Waals surface area contributed by atoms with Crippen molar-refractivity contribution in [3.63, 3.8) is 0 Å². The number of unbranched alkanes of at least 4 members (excludes halogenated alkanes) is 1. The van der Waals surface area contributed by atoms with E-state index in [0.29, 0.717) is 12.2 Å². The molecule has 0 aliphatic rings. The molecule has 0 atom stereocenters. The van der Waals surface area contributed by atoms with Crippen LogP contribution in [0.5, 0.6) is 5.75 Å². The van der Waals surface area contributed by atoms with Crippen molar-refractivity contribution in [2.75, 3.05) is 13.7 Å². The molecule has 0 aliphatic carbocycles. The van der Waals surface area contributed by atoms with Crippen LogP contribution in [0, 0.1) is 0 Å². The Balaban J connectivity index is 2.00. The molecule has 0 saturated heterocycles. The monoisotopic (exact) mass is 352 g/mol. The van der Waals surface area contributed by atoms with Crippen molar-refractivity contribution < 1.29 is 9.53 Å². The average Bonchev–Trinajstić information content (AvgIpc) is 3.28. The number of aryl methyl sites for hydroxylation is 1. The minimum Gasteiger partial charge on any atom is -0.497 e. The Labute approximate surface area is 153 Å². The summed E-state index contributed by atoms with van der Waals surface area (Å²) in [6, 6.07) is 13.3. The molecule has 136 valence electrons. The molecule has 0 unspecified atom stereocenters. The number of hydrogen-bond donors (Lipinski definition) is 1. The SMILES string of the molecule is CCCCNC(=O)c1cc(-c2cccn2C)nn1-c1ccc(OC)cc1. The minimum absolute atomic E-state index is 0.123. The average molecular weight is 352 g/mol. The Bertz CT molecular complexity index is 878. The molecule has 3 aromatic rings. The molecule has 0 aliphatic heterocycles. The normalized spacial score (nSPS) is 10.7. The van der Waals surface area contributed by atoms with Gasteiger partial charge in [0.25, 0.3) is 5.91 Å². The standard InChI is InChI=1S/C20H24N4O2/c1-4-5-12-21-20(25)19-14-17(18-7-6-13-23(18)2)22-24(19)15-8-10-16(26-3)11-9-15/h6-11,13-14H,4-5,12H2,1-3H3,(H,21,25). The highest BCUT2D eigenvalue weighted by Crippen LogP contribution is 2.23. The third-order valence-electron chi connectivity index (χ3n) is 4.28. The second-order valence-corrected chi connectivity index (χ2v) is 6.14. The number of aromatic nitrogens is 3. The molecule has 0 spiro atoms. The maximum absolute atomic E-state index is 12.7. The summed E-state index contributed by atoms with van der Waals surface area (Å²) in [5.41, 5.74) is 3.04. The van der Waals surface area contributed by atoms with Crippen molar-refractivity contribution in [3.8, 4) is 22.8 Å². The highest BCUT2D eigenvalue weighted by molar-refractivity contribution is 5.94. The van der Waals surface area contributed by atoms with Crippen LogP contribution in [-0.2, 0) is 7.05 Å². The first-order valence-electron chi connectivity index (χ1n) is 8.78. The van der Waals surface area contributed by atoms with Crippen LogP contribution in [-0.4, -0.2) is 33.9 Å². The van der Waals surface area contributed by atoms with Gasteiger partial charge in [0, 0.05) is 19.8 Å². The van der Waals surface area contributed by atoms with Crippen molar-refractivity contribution in [3.05, 3.63) is 54.4 Å². The van der Waals surface area contributed by atoms with Crippen molar-refractivity contribution in [1.82, 2.24) is 19.7 Å². The van der Waals surface area contributed by atoms with E-state index in [0.717, 1.165) is 35.7 Å². The Morgan fingerprint density at radius 3 is 2.62 bits per heavy atom. The van der Waals surface area contributed by atoms with Crippen LogP contribution < -0.4 is 10.1 Å². The minimum atomic E-state index is -0.123. The van der Waals surface area contributed by atoms with Crippen LogP contribution in [0.25, 0.3) is 17.1 Å². The Hall–Kier alpha value is -3.02. The van der Waals surface area contributed by atoms with Gasteiger partial charge in [-0.1, -0.05) is 13.3 Å². The fourth-order valence-electron chi connectivity index (χ4n) is 2.78. The molecule has 26 heavy (non-hydrogen) atoms. The summed E-state index contributed by atoms with van der Waals surface area (Å²) in [5, 5.41) is 7.66. The first-order valence-corrected chi connectivity index (χ1v) is 8.78. The number of methoxy groups -OCH3 is 1. The van der Waals surface area contributed by atoms with Crippen LogP contribution in [0.1, 0.15) is 30.3 Å². The quantitative estimate of drug-likeness (QED) is 0.663. The number of carbonyl (C=O) groups is 1. The molecule has 1 amide bonds. The zero-order valence-corrected chi connectivity index (χ0v) is 15.4. The lowest BCUT2D eigenvalue weighted by molar-refractivity contribution is 0.0945. The number of amides is 1. The summed E-state index contributed by atoms with van der Waals surface area (Å²) < 4.78 is 8.88. The van der Waals surface area contributed by atoms with Crippen LogP contribution in [0.15, 0.2) is 48.7 Å². The summed E-state index contributed by atoms with van der Waals surface area (Å²) in [7, 11) is 3.59. The van der Waals surface area contributed by atoms with Crippen LogP contribution in [0.4, 0.5) is 0 Å². The summed E-state index contributed by atoms with van der Waals surface area (Å²) in [6.45, 7) is 2.75. The summed E-state index contributed by atoms with van der Waals surface area (Å²) in [5.74, 6) is 0.639. The number of nitrogens with one attached hydrogen (secondary N) is 1. The van der Waals surface area contributed by atoms with Crippen molar-refractivity contribution in [1.29, 1.82) is 0 Å².